The van der Waals surface area contributed by atoms with E-state index in [2.05, 4.69) is 20.5 Å². The lowest BCUT2D eigenvalue weighted by Crippen LogP contribution is -2.36. The third-order valence-electron chi connectivity index (χ3n) is 5.28. The van der Waals surface area contributed by atoms with E-state index in [4.69, 9.17) is 23.2 Å². The minimum atomic E-state index is -0.225. The van der Waals surface area contributed by atoms with Gasteiger partial charge in [-0.05, 0) is 55.3 Å². The van der Waals surface area contributed by atoms with Crippen LogP contribution in [-0.2, 0) is 0 Å². The zero-order valence-corrected chi connectivity index (χ0v) is 22.2. The number of benzene rings is 2. The van der Waals surface area contributed by atoms with Gasteiger partial charge < -0.3 is 20.6 Å². The van der Waals surface area contributed by atoms with Gasteiger partial charge in [0.25, 0.3) is 5.91 Å². The van der Waals surface area contributed by atoms with Crippen LogP contribution in [0.5, 0.6) is 0 Å². The summed E-state index contributed by atoms with van der Waals surface area (Å²) in [5.41, 5.74) is 2.51. The van der Waals surface area contributed by atoms with Crippen LogP contribution in [0.15, 0.2) is 60.8 Å². The summed E-state index contributed by atoms with van der Waals surface area (Å²) in [6, 6.07) is 15.7. The second-order valence-electron chi connectivity index (χ2n) is 7.69. The van der Waals surface area contributed by atoms with E-state index in [-0.39, 0.29) is 12.0 Å². The molecule has 0 saturated carbocycles. The van der Waals surface area contributed by atoms with Gasteiger partial charge in [0, 0.05) is 42.6 Å². The average Bonchev–Trinajstić information content (AvgIpc) is 2.91. The molecule has 3 aromatic rings. The van der Waals surface area contributed by atoms with Gasteiger partial charge in [-0.15, -0.1) is 0 Å². The van der Waals surface area contributed by atoms with Crippen molar-refractivity contribution < 1.29 is 14.7 Å². The van der Waals surface area contributed by atoms with Crippen LogP contribution in [0, 0.1) is 0 Å². The number of nitrogens with zero attached hydrogens (tertiary/aromatic N) is 2. The Morgan fingerprint density at radius 3 is 2.36 bits per heavy atom. The van der Waals surface area contributed by atoms with Crippen molar-refractivity contribution in [1.29, 1.82) is 0 Å². The Morgan fingerprint density at radius 2 is 1.81 bits per heavy atom. The smallest absolute Gasteiger partial charge is 0.257 e. The van der Waals surface area contributed by atoms with E-state index in [9.17, 15) is 14.7 Å². The first-order chi connectivity index (χ1) is 17.4. The summed E-state index contributed by atoms with van der Waals surface area (Å²) in [5.74, 6) is 0.602. The maximum atomic E-state index is 12.4. The molecular formula is C27H32Cl2N4O3. The van der Waals surface area contributed by atoms with Crippen molar-refractivity contribution in [3.63, 3.8) is 0 Å². The molecule has 0 unspecified atom stereocenters. The number of pyridine rings is 1. The molecule has 1 amide bonds. The fourth-order valence-corrected chi connectivity index (χ4v) is 3.79. The van der Waals surface area contributed by atoms with Crippen molar-refractivity contribution in [2.75, 3.05) is 35.7 Å². The molecule has 0 aliphatic carbocycles. The van der Waals surface area contributed by atoms with E-state index < -0.39 is 0 Å². The lowest BCUT2D eigenvalue weighted by Gasteiger charge is -2.30. The molecule has 4 rings (SSSR count). The van der Waals surface area contributed by atoms with E-state index >= 15 is 0 Å². The number of hydrogen-bond acceptors (Lipinski definition) is 6. The van der Waals surface area contributed by atoms with E-state index in [0.29, 0.717) is 26.9 Å². The van der Waals surface area contributed by atoms with Crippen LogP contribution in [0.4, 0.5) is 17.2 Å². The zero-order valence-electron chi connectivity index (χ0n) is 20.7. The number of hydrogen-bond donors (Lipinski definition) is 3. The molecule has 0 bridgehead atoms. The SMILES string of the molecule is CC.CNc1cc(NC(=O)c2ccc(N3CCC(O)CC3)nc2)ccc1Cl.O=Cc1cccc(Cl)c1. The first kappa shape index (κ1) is 29.1. The van der Waals surface area contributed by atoms with E-state index in [1.807, 2.05) is 19.9 Å². The van der Waals surface area contributed by atoms with Gasteiger partial charge in [-0.25, -0.2) is 4.98 Å². The molecule has 0 radical (unpaired) electrons. The Bertz CT molecular complexity index is 1120. The van der Waals surface area contributed by atoms with Crippen LogP contribution >= 0.6 is 23.2 Å². The molecule has 7 nitrogen and oxygen atoms in total. The first-order valence-electron chi connectivity index (χ1n) is 11.8. The maximum Gasteiger partial charge on any atom is 0.257 e. The molecule has 192 valence electrons. The summed E-state index contributed by atoms with van der Waals surface area (Å²) in [4.78, 5) is 29.0. The summed E-state index contributed by atoms with van der Waals surface area (Å²) in [6.07, 6.45) is 3.61. The number of anilines is 3. The Labute approximate surface area is 222 Å². The predicted molar refractivity (Wildman–Crippen MR) is 149 cm³/mol. The summed E-state index contributed by atoms with van der Waals surface area (Å²) in [5, 5.41) is 16.6. The lowest BCUT2D eigenvalue weighted by atomic mass is 10.1. The van der Waals surface area contributed by atoms with E-state index in [0.717, 1.165) is 43.7 Å². The highest BCUT2D eigenvalue weighted by Gasteiger charge is 2.18. The molecule has 1 aliphatic rings. The number of amides is 1. The number of carbonyl (C=O) groups excluding carboxylic acids is 2. The maximum absolute atomic E-state index is 12.4. The number of piperidine rings is 1. The Balaban J connectivity index is 0.000000347. The number of halogens is 2. The molecule has 3 N–H and O–H groups in total. The van der Waals surface area contributed by atoms with Crippen molar-refractivity contribution in [3.05, 3.63) is 82.0 Å². The van der Waals surface area contributed by atoms with Crippen molar-refractivity contribution in [2.24, 2.45) is 0 Å². The average molecular weight is 531 g/mol. The monoisotopic (exact) mass is 530 g/mol. The highest BCUT2D eigenvalue weighted by Crippen LogP contribution is 2.25. The molecule has 1 fully saturated rings. The molecule has 36 heavy (non-hydrogen) atoms. The number of rotatable bonds is 5. The summed E-state index contributed by atoms with van der Waals surface area (Å²) in [6.45, 7) is 5.55. The molecule has 2 aromatic carbocycles. The quantitative estimate of drug-likeness (QED) is 0.341. The van der Waals surface area contributed by atoms with Gasteiger partial charge in [-0.3, -0.25) is 9.59 Å². The number of aldehydes is 1. The normalized spacial score (nSPS) is 12.9. The van der Waals surface area contributed by atoms with Crippen LogP contribution < -0.4 is 15.5 Å². The molecule has 1 saturated heterocycles. The Hall–Kier alpha value is -3.13. The van der Waals surface area contributed by atoms with Gasteiger partial charge >= 0.3 is 0 Å². The molecule has 0 spiro atoms. The third-order valence-corrected chi connectivity index (χ3v) is 5.84. The van der Waals surface area contributed by atoms with Gasteiger partial charge in [0.1, 0.15) is 12.1 Å². The Morgan fingerprint density at radius 1 is 1.08 bits per heavy atom. The lowest BCUT2D eigenvalue weighted by molar-refractivity contribution is 0.102. The molecule has 9 heteroatoms. The standard InChI is InChI=1S/C18H21ClN4O2.C7H5ClO.C2H6/c1-20-16-10-13(3-4-15(16)19)22-18(25)12-2-5-17(21-11-12)23-8-6-14(24)7-9-23;8-7-3-1-2-6(4-7)5-9;1-2/h2-5,10-11,14,20,24H,6-9H2,1H3,(H,22,25);1-5H;1-2H3. The number of nitrogens with one attached hydrogen (secondary N) is 2. The zero-order chi connectivity index (χ0) is 26.5. The van der Waals surface area contributed by atoms with Crippen molar-refractivity contribution in [1.82, 2.24) is 4.98 Å². The molecule has 2 heterocycles. The topological polar surface area (TPSA) is 94.6 Å². The van der Waals surface area contributed by atoms with Gasteiger partial charge in [0.05, 0.1) is 22.4 Å². The van der Waals surface area contributed by atoms with Gasteiger partial charge in [-0.2, -0.15) is 0 Å². The fraction of sp³-hybridized carbons (Fsp3) is 0.296. The Kier molecular flexibility index (Phi) is 12.2. The summed E-state index contributed by atoms with van der Waals surface area (Å²) in [7, 11) is 1.77. The van der Waals surface area contributed by atoms with E-state index in [1.54, 1.807) is 61.8 Å². The third kappa shape index (κ3) is 8.82. The van der Waals surface area contributed by atoms with Crippen LogP contribution in [0.1, 0.15) is 47.4 Å². The van der Waals surface area contributed by atoms with Crippen LogP contribution in [-0.4, -0.2) is 48.5 Å². The van der Waals surface area contributed by atoms with Gasteiger partial charge in [0.15, 0.2) is 0 Å². The molecule has 1 aromatic heterocycles. The fourth-order valence-electron chi connectivity index (χ4n) is 3.38. The molecule has 1 aliphatic heterocycles. The number of carbonyl (C=O) groups is 2. The highest BCUT2D eigenvalue weighted by atomic mass is 35.5. The van der Waals surface area contributed by atoms with Crippen LogP contribution in [0.2, 0.25) is 10.0 Å². The number of aliphatic hydroxyl groups is 1. The first-order valence-corrected chi connectivity index (χ1v) is 12.5. The second kappa shape index (κ2) is 15.1. The largest absolute Gasteiger partial charge is 0.393 e. The highest BCUT2D eigenvalue weighted by molar-refractivity contribution is 6.33. The van der Waals surface area contributed by atoms with Crippen LogP contribution in [0.3, 0.4) is 0 Å². The summed E-state index contributed by atoms with van der Waals surface area (Å²) < 4.78 is 0. The minimum absolute atomic E-state index is 0.219. The number of aliphatic hydroxyl groups excluding tert-OH is 1. The van der Waals surface area contributed by atoms with E-state index in [1.165, 1.54) is 0 Å². The van der Waals surface area contributed by atoms with Crippen LogP contribution in [0.25, 0.3) is 0 Å². The minimum Gasteiger partial charge on any atom is -0.393 e. The van der Waals surface area contributed by atoms with Crippen molar-refractivity contribution in [2.45, 2.75) is 32.8 Å². The molecular weight excluding hydrogens is 499 g/mol. The second-order valence-corrected chi connectivity index (χ2v) is 8.54. The van der Waals surface area contributed by atoms with Gasteiger partial charge in [0.2, 0.25) is 0 Å². The predicted octanol–water partition coefficient (Wildman–Crippen LogP) is 6.17. The molecule has 0 atom stereocenters. The van der Waals surface area contributed by atoms with Crippen molar-refractivity contribution >= 4 is 52.6 Å². The number of aromatic nitrogens is 1. The van der Waals surface area contributed by atoms with Crippen molar-refractivity contribution in [3.8, 4) is 0 Å². The summed E-state index contributed by atoms with van der Waals surface area (Å²) >= 11 is 11.6. The van der Waals surface area contributed by atoms with Gasteiger partial charge in [-0.1, -0.05) is 49.2 Å².